The molecule has 5 rings (SSSR count). The summed E-state index contributed by atoms with van der Waals surface area (Å²) in [5, 5.41) is 4.72. The lowest BCUT2D eigenvalue weighted by atomic mass is 10.1. The molecule has 4 heterocycles. The van der Waals surface area contributed by atoms with E-state index >= 15 is 0 Å². The molecule has 12 heteroatoms. The summed E-state index contributed by atoms with van der Waals surface area (Å²) in [4.78, 5) is 56.7. The molecule has 0 radical (unpaired) electrons. The summed E-state index contributed by atoms with van der Waals surface area (Å²) in [5.41, 5.74) is 0.951. The molecular formula is C21H17N7O4S. The van der Waals surface area contributed by atoms with Crippen molar-refractivity contribution >= 4 is 52.2 Å². The van der Waals surface area contributed by atoms with Crippen LogP contribution < -0.4 is 21.9 Å². The average molecular weight is 463 g/mol. The molecule has 1 saturated heterocycles. The van der Waals surface area contributed by atoms with Crippen LogP contribution in [-0.2, 0) is 23.2 Å². The summed E-state index contributed by atoms with van der Waals surface area (Å²) in [5.74, 6) is -0.923. The number of carbonyl (C=O) groups is 2. The number of rotatable bonds is 3. The van der Waals surface area contributed by atoms with Crippen molar-refractivity contribution in [2.75, 3.05) is 0 Å². The van der Waals surface area contributed by atoms with E-state index in [4.69, 9.17) is 12.2 Å². The highest BCUT2D eigenvalue weighted by atomic mass is 32.1. The minimum absolute atomic E-state index is 0.0785. The number of carbonyl (C=O) groups excluding carboxylic acids is 2. The fourth-order valence-corrected chi connectivity index (χ4v) is 4.08. The number of benzene rings is 1. The standard InChI is InChI=1S/C21H17N7O4S/c1-10-13(8-12-16(29)23-19(33)24-17(12)30)28-14-15(26(2)21(32)25-18(14)31)22-20(28)27(10)9-11-6-4-3-5-7-11/h3-8H,9H2,1-2H3,(H,25,31,32)(H2,23,24,29,30,33). The van der Waals surface area contributed by atoms with E-state index in [-0.39, 0.29) is 21.8 Å². The van der Waals surface area contributed by atoms with Gasteiger partial charge in [0.05, 0.1) is 12.2 Å². The summed E-state index contributed by atoms with van der Waals surface area (Å²) >= 11 is 4.86. The summed E-state index contributed by atoms with van der Waals surface area (Å²) < 4.78 is 4.64. The van der Waals surface area contributed by atoms with E-state index in [1.165, 1.54) is 17.7 Å². The van der Waals surface area contributed by atoms with Crippen molar-refractivity contribution < 1.29 is 9.59 Å². The van der Waals surface area contributed by atoms with Crippen LogP contribution in [0.1, 0.15) is 17.0 Å². The van der Waals surface area contributed by atoms with Gasteiger partial charge in [0.1, 0.15) is 5.57 Å². The van der Waals surface area contributed by atoms with Gasteiger partial charge in [0.2, 0.25) is 5.78 Å². The fourth-order valence-electron chi connectivity index (χ4n) is 3.90. The Morgan fingerprint density at radius 2 is 1.73 bits per heavy atom. The lowest BCUT2D eigenvalue weighted by Gasteiger charge is -2.16. The van der Waals surface area contributed by atoms with Crippen molar-refractivity contribution in [1.29, 1.82) is 0 Å². The topological polar surface area (TPSA) is 135 Å². The molecule has 0 spiro atoms. The molecule has 0 unspecified atom stereocenters. The van der Waals surface area contributed by atoms with Crippen LogP contribution in [0, 0.1) is 6.92 Å². The number of hydrogen-bond acceptors (Lipinski definition) is 6. The van der Waals surface area contributed by atoms with Gasteiger partial charge in [0, 0.05) is 12.7 Å². The Balaban J connectivity index is 1.86. The molecule has 166 valence electrons. The third-order valence-electron chi connectivity index (χ3n) is 5.57. The number of aromatic amines is 1. The van der Waals surface area contributed by atoms with E-state index in [1.54, 1.807) is 11.3 Å². The van der Waals surface area contributed by atoms with Gasteiger partial charge in [-0.1, -0.05) is 30.3 Å². The Morgan fingerprint density at radius 3 is 2.39 bits per heavy atom. The van der Waals surface area contributed by atoms with Crippen LogP contribution in [0.15, 0.2) is 45.5 Å². The Kier molecular flexibility index (Phi) is 4.60. The maximum absolute atomic E-state index is 12.8. The molecule has 11 nitrogen and oxygen atoms in total. The highest BCUT2D eigenvalue weighted by Gasteiger charge is 2.28. The SMILES string of the molecule is Cc1c(C=C2C(=O)NC(=S)NC2=O)n2c3c(=O)[nH]c(=O)n(C)c3nc2n1Cc1ccccc1. The van der Waals surface area contributed by atoms with Gasteiger partial charge in [0.15, 0.2) is 16.3 Å². The maximum atomic E-state index is 12.8. The molecule has 1 aromatic carbocycles. The number of nitrogens with one attached hydrogen (secondary N) is 3. The number of fused-ring (bicyclic) bond motifs is 3. The van der Waals surface area contributed by atoms with Crippen molar-refractivity contribution in [2.24, 2.45) is 7.05 Å². The van der Waals surface area contributed by atoms with Crippen LogP contribution in [0.2, 0.25) is 0 Å². The zero-order chi connectivity index (χ0) is 23.4. The molecule has 0 atom stereocenters. The van der Waals surface area contributed by atoms with Crippen molar-refractivity contribution in [3.05, 3.63) is 73.7 Å². The van der Waals surface area contributed by atoms with Gasteiger partial charge in [-0.05, 0) is 30.8 Å². The van der Waals surface area contributed by atoms with Gasteiger partial charge < -0.3 is 4.57 Å². The Labute approximate surface area is 190 Å². The van der Waals surface area contributed by atoms with Crippen LogP contribution in [0.4, 0.5) is 0 Å². The summed E-state index contributed by atoms with van der Waals surface area (Å²) in [6.45, 7) is 2.21. The number of aryl methyl sites for hydroxylation is 1. The molecule has 0 aliphatic carbocycles. The van der Waals surface area contributed by atoms with Crippen LogP contribution in [0.3, 0.4) is 0 Å². The van der Waals surface area contributed by atoms with Gasteiger partial charge in [-0.2, -0.15) is 4.98 Å². The predicted octanol–water partition coefficient (Wildman–Crippen LogP) is -0.0530. The van der Waals surface area contributed by atoms with Crippen molar-refractivity contribution in [3.8, 4) is 0 Å². The first-order chi connectivity index (χ1) is 15.8. The number of aromatic nitrogens is 5. The lowest BCUT2D eigenvalue weighted by Crippen LogP contribution is -2.51. The second kappa shape index (κ2) is 7.38. The Hall–Kier alpha value is -4.32. The van der Waals surface area contributed by atoms with E-state index in [1.807, 2.05) is 34.9 Å². The largest absolute Gasteiger partial charge is 0.329 e. The first kappa shape index (κ1) is 20.6. The van der Waals surface area contributed by atoms with Crippen molar-refractivity contribution in [1.82, 2.24) is 34.1 Å². The second-order valence-electron chi connectivity index (χ2n) is 7.58. The smallest absolute Gasteiger partial charge is 0.309 e. The van der Waals surface area contributed by atoms with Gasteiger partial charge in [-0.3, -0.25) is 39.0 Å². The van der Waals surface area contributed by atoms with E-state index in [9.17, 15) is 19.2 Å². The molecule has 3 aromatic heterocycles. The quantitative estimate of drug-likeness (QED) is 0.221. The van der Waals surface area contributed by atoms with Crippen LogP contribution in [-0.4, -0.2) is 40.4 Å². The normalized spacial score (nSPS) is 14.1. The van der Waals surface area contributed by atoms with Crippen LogP contribution in [0.5, 0.6) is 0 Å². The molecule has 1 fully saturated rings. The Morgan fingerprint density at radius 1 is 1.06 bits per heavy atom. The zero-order valence-corrected chi connectivity index (χ0v) is 18.3. The monoisotopic (exact) mass is 463 g/mol. The lowest BCUT2D eigenvalue weighted by molar-refractivity contribution is -0.123. The second-order valence-corrected chi connectivity index (χ2v) is 7.98. The van der Waals surface area contributed by atoms with Crippen molar-refractivity contribution in [3.63, 3.8) is 0 Å². The minimum Gasteiger partial charge on any atom is -0.309 e. The number of H-pyrrole nitrogens is 1. The molecule has 0 saturated carbocycles. The van der Waals surface area contributed by atoms with E-state index in [0.717, 1.165) is 5.56 Å². The molecule has 33 heavy (non-hydrogen) atoms. The van der Waals surface area contributed by atoms with Crippen molar-refractivity contribution in [2.45, 2.75) is 13.5 Å². The number of amides is 2. The zero-order valence-electron chi connectivity index (χ0n) is 17.5. The molecule has 4 aromatic rings. The first-order valence-corrected chi connectivity index (χ1v) is 10.3. The number of hydrogen-bond donors (Lipinski definition) is 3. The number of nitrogens with zero attached hydrogens (tertiary/aromatic N) is 4. The average Bonchev–Trinajstić information content (AvgIpc) is 3.26. The fraction of sp³-hybridized carbons (Fsp3) is 0.143. The summed E-state index contributed by atoms with van der Waals surface area (Å²) in [7, 11) is 1.50. The molecule has 1 aliphatic rings. The highest BCUT2D eigenvalue weighted by molar-refractivity contribution is 7.80. The van der Waals surface area contributed by atoms with Gasteiger partial charge >= 0.3 is 5.69 Å². The Bertz CT molecular complexity index is 1630. The maximum Gasteiger partial charge on any atom is 0.329 e. The highest BCUT2D eigenvalue weighted by Crippen LogP contribution is 2.25. The van der Waals surface area contributed by atoms with E-state index < -0.39 is 23.1 Å². The molecule has 2 amide bonds. The minimum atomic E-state index is -0.655. The number of thiocarbonyl (C=S) groups is 1. The van der Waals surface area contributed by atoms with Crippen LogP contribution >= 0.6 is 12.2 Å². The molecule has 0 bridgehead atoms. The summed E-state index contributed by atoms with van der Waals surface area (Å²) in [6, 6.07) is 9.61. The third kappa shape index (κ3) is 3.19. The summed E-state index contributed by atoms with van der Waals surface area (Å²) in [6.07, 6.45) is 1.39. The molecule has 1 aliphatic heterocycles. The first-order valence-electron chi connectivity index (χ1n) is 9.89. The third-order valence-corrected chi connectivity index (χ3v) is 5.77. The van der Waals surface area contributed by atoms with E-state index in [0.29, 0.717) is 23.7 Å². The molecular weight excluding hydrogens is 446 g/mol. The van der Waals surface area contributed by atoms with Crippen LogP contribution in [0.25, 0.3) is 23.0 Å². The van der Waals surface area contributed by atoms with Gasteiger partial charge in [-0.25, -0.2) is 4.79 Å². The van der Waals surface area contributed by atoms with Gasteiger partial charge in [0.25, 0.3) is 17.4 Å². The van der Waals surface area contributed by atoms with Gasteiger partial charge in [-0.15, -0.1) is 0 Å². The molecule has 3 N–H and O–H groups in total. The predicted molar refractivity (Wildman–Crippen MR) is 124 cm³/mol. The van der Waals surface area contributed by atoms with E-state index in [2.05, 4.69) is 20.6 Å². The number of imidazole rings is 2.